The fourth-order valence-corrected chi connectivity index (χ4v) is 7.92. The van der Waals surface area contributed by atoms with Gasteiger partial charge in [0.15, 0.2) is 0 Å². The molecule has 1 unspecified atom stereocenters. The first kappa shape index (κ1) is 58.0. The summed E-state index contributed by atoms with van der Waals surface area (Å²) in [5.41, 5.74) is 0. The standard InChI is InChI=1S/C30H58ClNO4.C20H40O/c1-5-7-9-11-13-15-17-19-28(20-18-16-14-12-10-8-6-2)30(34)36-26-24-32(23-25-35-4)29(33)27(3)21-22-31;1-3-5-7-9-11-13-15-17-20(19-21)18-16-14-12-10-8-6-4-2/h27-28H,5-26H2,1-4H3;19-20H,3-18H2,1-2H3. The second-order valence-electron chi connectivity index (χ2n) is 17.1. The number of hydrogen-bond acceptors (Lipinski definition) is 5. The molecule has 0 aliphatic carbocycles. The predicted molar refractivity (Wildman–Crippen MR) is 247 cm³/mol. The number of unbranched alkanes of at least 4 members (excludes halogenated alkanes) is 24. The molecule has 0 bridgehead atoms. The summed E-state index contributed by atoms with van der Waals surface area (Å²) in [6.07, 6.45) is 42.4. The van der Waals surface area contributed by atoms with Gasteiger partial charge in [0.25, 0.3) is 0 Å². The van der Waals surface area contributed by atoms with E-state index >= 15 is 0 Å². The van der Waals surface area contributed by atoms with Gasteiger partial charge in [0.05, 0.1) is 19.1 Å². The Balaban J connectivity index is 0. The Hall–Kier alpha value is -1.14. The van der Waals surface area contributed by atoms with Crippen LogP contribution in [0.3, 0.4) is 0 Å². The third-order valence-corrected chi connectivity index (χ3v) is 11.9. The number of hydrogen-bond donors (Lipinski definition) is 0. The zero-order chi connectivity index (χ0) is 42.5. The molecule has 0 N–H and O–H groups in total. The number of esters is 1. The van der Waals surface area contributed by atoms with Gasteiger partial charge in [-0.3, -0.25) is 9.59 Å². The van der Waals surface area contributed by atoms with Gasteiger partial charge in [-0.2, -0.15) is 0 Å². The van der Waals surface area contributed by atoms with Gasteiger partial charge in [0, 0.05) is 31.4 Å². The second-order valence-corrected chi connectivity index (χ2v) is 17.5. The van der Waals surface area contributed by atoms with Crippen LogP contribution in [0.25, 0.3) is 0 Å². The van der Waals surface area contributed by atoms with Gasteiger partial charge in [-0.25, -0.2) is 0 Å². The van der Waals surface area contributed by atoms with Crippen molar-refractivity contribution >= 4 is 29.8 Å². The van der Waals surface area contributed by atoms with Crippen LogP contribution in [0.15, 0.2) is 0 Å². The molecule has 0 aromatic carbocycles. The normalized spacial score (nSPS) is 11.8. The lowest BCUT2D eigenvalue weighted by atomic mass is 9.94. The van der Waals surface area contributed by atoms with E-state index in [2.05, 4.69) is 27.7 Å². The zero-order valence-corrected chi connectivity index (χ0v) is 39.8. The Bertz CT molecular complexity index is 806. The topological polar surface area (TPSA) is 72.9 Å². The molecule has 0 aliphatic rings. The van der Waals surface area contributed by atoms with Crippen LogP contribution in [0.2, 0.25) is 0 Å². The highest BCUT2D eigenvalue weighted by Gasteiger charge is 2.23. The SMILES string of the molecule is CCCCCCCCCC(C=O)CCCCCCCCC.CCCCCCCCCC(CCCCCCCCC)C(=O)OCCN(CCOC)C(=O)C(C)CCCl. The van der Waals surface area contributed by atoms with Crippen molar-refractivity contribution in [2.45, 2.75) is 247 Å². The molecule has 0 saturated carbocycles. The number of halogens is 1. The average molecular weight is 829 g/mol. The number of amides is 1. The van der Waals surface area contributed by atoms with Crippen molar-refractivity contribution in [1.29, 1.82) is 0 Å². The van der Waals surface area contributed by atoms with E-state index < -0.39 is 0 Å². The molecule has 1 atom stereocenters. The van der Waals surface area contributed by atoms with E-state index in [1.165, 1.54) is 173 Å². The van der Waals surface area contributed by atoms with Gasteiger partial charge >= 0.3 is 5.97 Å². The number of rotatable bonds is 43. The zero-order valence-electron chi connectivity index (χ0n) is 39.0. The maximum Gasteiger partial charge on any atom is 0.308 e. The highest BCUT2D eigenvalue weighted by atomic mass is 35.5. The molecule has 0 aromatic rings. The van der Waals surface area contributed by atoms with E-state index in [1.807, 2.05) is 6.92 Å². The lowest BCUT2D eigenvalue weighted by Crippen LogP contribution is -2.40. The summed E-state index contributed by atoms with van der Waals surface area (Å²) < 4.78 is 10.9. The molecule has 6 nitrogen and oxygen atoms in total. The summed E-state index contributed by atoms with van der Waals surface area (Å²) in [6, 6.07) is 0. The van der Waals surface area contributed by atoms with E-state index in [1.54, 1.807) is 12.0 Å². The maximum absolute atomic E-state index is 13.0. The van der Waals surface area contributed by atoms with Crippen LogP contribution in [0.1, 0.15) is 247 Å². The second kappa shape index (κ2) is 47.5. The van der Waals surface area contributed by atoms with Crippen molar-refractivity contribution < 1.29 is 23.9 Å². The smallest absolute Gasteiger partial charge is 0.308 e. The molecule has 0 aromatic heterocycles. The largest absolute Gasteiger partial charge is 0.464 e. The monoisotopic (exact) mass is 828 g/mol. The van der Waals surface area contributed by atoms with Crippen LogP contribution in [0, 0.1) is 17.8 Å². The quantitative estimate of drug-likeness (QED) is 0.0265. The molecule has 0 fully saturated rings. The van der Waals surface area contributed by atoms with E-state index in [0.29, 0.717) is 37.9 Å². The molecular weight excluding hydrogens is 730 g/mol. The van der Waals surface area contributed by atoms with Crippen molar-refractivity contribution in [1.82, 2.24) is 4.90 Å². The number of nitrogens with zero attached hydrogens (tertiary/aromatic N) is 1. The minimum absolute atomic E-state index is 0.0189. The van der Waals surface area contributed by atoms with Gasteiger partial charge in [0.1, 0.15) is 12.9 Å². The number of carbonyl (C=O) groups is 3. The van der Waals surface area contributed by atoms with Gasteiger partial charge < -0.3 is 19.2 Å². The third-order valence-electron chi connectivity index (χ3n) is 11.6. The highest BCUT2D eigenvalue weighted by molar-refractivity contribution is 6.18. The van der Waals surface area contributed by atoms with Crippen LogP contribution in [0.5, 0.6) is 0 Å². The maximum atomic E-state index is 13.0. The Kier molecular flexibility index (Phi) is 48.3. The van der Waals surface area contributed by atoms with Crippen molar-refractivity contribution in [2.24, 2.45) is 17.8 Å². The first-order chi connectivity index (χ1) is 27.9. The Morgan fingerprint density at radius 2 is 0.877 bits per heavy atom. The van der Waals surface area contributed by atoms with E-state index in [-0.39, 0.29) is 30.3 Å². The van der Waals surface area contributed by atoms with E-state index in [4.69, 9.17) is 21.1 Å². The van der Waals surface area contributed by atoms with Gasteiger partial charge in [-0.15, -0.1) is 11.6 Å². The molecule has 0 rings (SSSR count). The van der Waals surface area contributed by atoms with Gasteiger partial charge in [-0.1, -0.05) is 214 Å². The lowest BCUT2D eigenvalue weighted by Gasteiger charge is -2.25. The van der Waals surface area contributed by atoms with Crippen molar-refractivity contribution in [3.8, 4) is 0 Å². The summed E-state index contributed by atoms with van der Waals surface area (Å²) in [6.45, 7) is 12.5. The van der Waals surface area contributed by atoms with Crippen molar-refractivity contribution in [2.75, 3.05) is 39.3 Å². The first-order valence-corrected chi connectivity index (χ1v) is 25.3. The molecule has 1 amide bonds. The number of ether oxygens (including phenoxy) is 2. The highest BCUT2D eigenvalue weighted by Crippen LogP contribution is 2.22. The summed E-state index contributed by atoms with van der Waals surface area (Å²) >= 11 is 5.83. The van der Waals surface area contributed by atoms with Crippen LogP contribution < -0.4 is 0 Å². The summed E-state index contributed by atoms with van der Waals surface area (Å²) in [7, 11) is 1.63. The van der Waals surface area contributed by atoms with Crippen LogP contribution in [0.4, 0.5) is 0 Å². The van der Waals surface area contributed by atoms with Crippen molar-refractivity contribution in [3.63, 3.8) is 0 Å². The third kappa shape index (κ3) is 40.1. The molecule has 0 radical (unpaired) electrons. The summed E-state index contributed by atoms with van der Waals surface area (Å²) in [5.74, 6) is 0.605. The van der Waals surface area contributed by atoms with Gasteiger partial charge in [-0.05, 0) is 32.1 Å². The molecule has 0 heterocycles. The summed E-state index contributed by atoms with van der Waals surface area (Å²) in [5, 5.41) is 0. The molecule has 0 spiro atoms. The van der Waals surface area contributed by atoms with Crippen LogP contribution in [-0.4, -0.2) is 62.4 Å². The van der Waals surface area contributed by atoms with Gasteiger partial charge in [0.2, 0.25) is 5.91 Å². The Labute approximate surface area is 360 Å². The fourth-order valence-electron chi connectivity index (χ4n) is 7.59. The molecule has 340 valence electrons. The predicted octanol–water partition coefficient (Wildman–Crippen LogP) is 15.3. The molecule has 0 saturated heterocycles. The van der Waals surface area contributed by atoms with Crippen LogP contribution >= 0.6 is 11.6 Å². The Morgan fingerprint density at radius 1 is 0.526 bits per heavy atom. The number of methoxy groups -OCH3 is 1. The molecule has 0 aliphatic heterocycles. The van der Waals surface area contributed by atoms with E-state index in [0.717, 1.165) is 38.5 Å². The van der Waals surface area contributed by atoms with Crippen molar-refractivity contribution in [3.05, 3.63) is 0 Å². The minimum atomic E-state index is -0.141. The molecule has 57 heavy (non-hydrogen) atoms. The Morgan fingerprint density at radius 3 is 1.23 bits per heavy atom. The van der Waals surface area contributed by atoms with Crippen LogP contribution in [-0.2, 0) is 23.9 Å². The number of carbonyl (C=O) groups excluding carboxylic acids is 3. The fraction of sp³-hybridized carbons (Fsp3) is 0.940. The average Bonchev–Trinajstić information content (AvgIpc) is 3.21. The van der Waals surface area contributed by atoms with E-state index in [9.17, 15) is 14.4 Å². The minimum Gasteiger partial charge on any atom is -0.464 e. The first-order valence-electron chi connectivity index (χ1n) is 24.8. The number of aldehydes is 1. The molecule has 7 heteroatoms. The summed E-state index contributed by atoms with van der Waals surface area (Å²) in [4.78, 5) is 38.6. The number of alkyl halides is 1. The molecular formula is C50H98ClNO5. The lowest BCUT2D eigenvalue weighted by molar-refractivity contribution is -0.151.